The quantitative estimate of drug-likeness (QED) is 0.891. The van der Waals surface area contributed by atoms with Crippen LogP contribution in [-0.2, 0) is 9.59 Å². The second-order valence-electron chi connectivity index (χ2n) is 6.21. The monoisotopic (exact) mass is 358 g/mol. The maximum atomic E-state index is 12.4. The first-order valence-electron chi connectivity index (χ1n) is 8.61. The van der Waals surface area contributed by atoms with Crippen LogP contribution < -0.4 is 5.32 Å². The lowest BCUT2D eigenvalue weighted by Crippen LogP contribution is -2.32. The van der Waals surface area contributed by atoms with Gasteiger partial charge in [-0.25, -0.2) is 0 Å². The zero-order chi connectivity index (χ0) is 17.5. The summed E-state index contributed by atoms with van der Waals surface area (Å²) in [6.45, 7) is 1.54. The van der Waals surface area contributed by atoms with Crippen molar-refractivity contribution in [3.05, 3.63) is 41.4 Å². The fraction of sp³-hybridized carbons (Fsp3) is 0.444. The van der Waals surface area contributed by atoms with Gasteiger partial charge in [0.2, 0.25) is 16.9 Å². The Labute approximate surface area is 151 Å². The highest BCUT2D eigenvalue weighted by atomic mass is 32.1. The number of benzene rings is 1. The molecule has 0 radical (unpaired) electrons. The highest BCUT2D eigenvalue weighted by molar-refractivity contribution is 7.13. The molecule has 2 aromatic rings. The number of anilines is 1. The van der Waals surface area contributed by atoms with Gasteiger partial charge in [0.1, 0.15) is 5.51 Å². The van der Waals surface area contributed by atoms with E-state index in [1.807, 2.05) is 11.0 Å². The molecule has 2 heterocycles. The van der Waals surface area contributed by atoms with Gasteiger partial charge in [0.25, 0.3) is 0 Å². The molecule has 1 N–H and O–H groups in total. The average molecular weight is 358 g/mol. The third-order valence-electron chi connectivity index (χ3n) is 4.52. The molecule has 1 saturated heterocycles. The minimum Gasteiger partial charge on any atom is -0.343 e. The average Bonchev–Trinajstić information content (AvgIpc) is 3.01. The van der Waals surface area contributed by atoms with Crippen molar-refractivity contribution in [2.75, 3.05) is 18.4 Å². The molecule has 2 amide bonds. The highest BCUT2D eigenvalue weighted by Gasteiger charge is 2.22. The third-order valence-corrected chi connectivity index (χ3v) is 5.13. The molecule has 0 aliphatic carbocycles. The number of hydrogen-bond acceptors (Lipinski definition) is 5. The predicted octanol–water partition coefficient (Wildman–Crippen LogP) is 3.05. The van der Waals surface area contributed by atoms with Crippen molar-refractivity contribution in [2.45, 2.75) is 38.0 Å². The van der Waals surface area contributed by atoms with Gasteiger partial charge in [-0.05, 0) is 30.7 Å². The van der Waals surface area contributed by atoms with Gasteiger partial charge in [0.15, 0.2) is 0 Å². The minimum absolute atomic E-state index is 0.0566. The Morgan fingerprint density at radius 1 is 1.16 bits per heavy atom. The fourth-order valence-corrected chi connectivity index (χ4v) is 3.65. The van der Waals surface area contributed by atoms with E-state index in [-0.39, 0.29) is 24.7 Å². The van der Waals surface area contributed by atoms with E-state index in [9.17, 15) is 9.59 Å². The van der Waals surface area contributed by atoms with E-state index in [1.54, 1.807) is 5.51 Å². The molecule has 0 saturated carbocycles. The highest BCUT2D eigenvalue weighted by Crippen LogP contribution is 2.28. The number of carbonyl (C=O) groups excluding carboxylic acids is 2. The normalized spacial score (nSPS) is 17.8. The summed E-state index contributed by atoms with van der Waals surface area (Å²) in [5.74, 6) is 0.378. The molecule has 3 rings (SSSR count). The lowest BCUT2D eigenvalue weighted by Gasteiger charge is -2.20. The first kappa shape index (κ1) is 17.5. The van der Waals surface area contributed by atoms with Crippen molar-refractivity contribution < 1.29 is 9.59 Å². The van der Waals surface area contributed by atoms with Gasteiger partial charge in [-0.1, -0.05) is 41.7 Å². The molecule has 1 aliphatic rings. The number of likely N-dealkylation sites (tertiary alicyclic amines) is 1. The summed E-state index contributed by atoms with van der Waals surface area (Å²) in [6, 6.07) is 10.5. The Hall–Kier alpha value is -2.28. The van der Waals surface area contributed by atoms with Crippen LogP contribution in [0.25, 0.3) is 0 Å². The Balaban J connectivity index is 1.45. The molecule has 25 heavy (non-hydrogen) atoms. The van der Waals surface area contributed by atoms with Gasteiger partial charge < -0.3 is 10.2 Å². The number of hydrogen-bond donors (Lipinski definition) is 1. The van der Waals surface area contributed by atoms with Gasteiger partial charge in [0.05, 0.1) is 0 Å². The van der Waals surface area contributed by atoms with E-state index < -0.39 is 0 Å². The van der Waals surface area contributed by atoms with Crippen LogP contribution in [0.1, 0.15) is 43.6 Å². The van der Waals surface area contributed by atoms with E-state index in [2.05, 4.69) is 39.8 Å². The molecule has 0 bridgehead atoms. The van der Waals surface area contributed by atoms with E-state index in [0.29, 0.717) is 11.0 Å². The Morgan fingerprint density at radius 2 is 2.00 bits per heavy atom. The summed E-state index contributed by atoms with van der Waals surface area (Å²) in [5.41, 5.74) is 2.91. The van der Waals surface area contributed by atoms with Crippen LogP contribution in [0.4, 0.5) is 5.13 Å². The van der Waals surface area contributed by atoms with Gasteiger partial charge >= 0.3 is 0 Å². The molecule has 0 spiro atoms. The van der Waals surface area contributed by atoms with Crippen LogP contribution in [0.15, 0.2) is 35.8 Å². The summed E-state index contributed by atoms with van der Waals surface area (Å²) in [4.78, 5) is 26.2. The Kier molecular flexibility index (Phi) is 6.11. The molecular weight excluding hydrogens is 336 g/mol. The molecule has 1 atom stereocenters. The van der Waals surface area contributed by atoms with Crippen LogP contribution in [0.2, 0.25) is 0 Å². The second-order valence-corrected chi connectivity index (χ2v) is 7.04. The van der Waals surface area contributed by atoms with Crippen molar-refractivity contribution in [3.63, 3.8) is 0 Å². The molecule has 1 fully saturated rings. The fourth-order valence-electron chi connectivity index (χ4n) is 3.19. The first-order chi connectivity index (χ1) is 12.2. The van der Waals surface area contributed by atoms with E-state index in [4.69, 9.17) is 0 Å². The lowest BCUT2D eigenvalue weighted by molar-refractivity contribution is -0.132. The smallest absolute Gasteiger partial charge is 0.226 e. The summed E-state index contributed by atoms with van der Waals surface area (Å²) in [6.07, 6.45) is 3.50. The van der Waals surface area contributed by atoms with Crippen LogP contribution >= 0.6 is 11.3 Å². The molecule has 7 heteroatoms. The van der Waals surface area contributed by atoms with Crippen molar-refractivity contribution >= 4 is 28.3 Å². The number of rotatable bonds is 5. The molecule has 1 aliphatic heterocycles. The number of carbonyl (C=O) groups is 2. The molecular formula is C18H22N4O2S. The summed E-state index contributed by atoms with van der Waals surface area (Å²) >= 11 is 1.26. The van der Waals surface area contributed by atoms with Crippen molar-refractivity contribution in [3.8, 4) is 0 Å². The first-order valence-corrected chi connectivity index (χ1v) is 9.49. The van der Waals surface area contributed by atoms with Crippen LogP contribution in [0.5, 0.6) is 0 Å². The topological polar surface area (TPSA) is 75.2 Å². The van der Waals surface area contributed by atoms with Crippen LogP contribution in [0, 0.1) is 0 Å². The minimum atomic E-state index is -0.193. The number of amides is 2. The summed E-state index contributed by atoms with van der Waals surface area (Å²) < 4.78 is 0. The summed E-state index contributed by atoms with van der Waals surface area (Å²) in [7, 11) is 0. The zero-order valence-corrected chi connectivity index (χ0v) is 14.9. The maximum absolute atomic E-state index is 12.4. The third kappa shape index (κ3) is 5.09. The standard InChI is InChI=1S/C18H22N4O2S/c23-16(20-18-21-19-13-25-18)8-9-17(24)22-11-4-7-15(10-12-22)14-5-2-1-3-6-14/h1-3,5-6,13,15H,4,7-12H2,(H,20,21,23). The molecule has 1 aromatic carbocycles. The maximum Gasteiger partial charge on any atom is 0.226 e. The van der Waals surface area contributed by atoms with E-state index in [0.717, 1.165) is 32.4 Å². The SMILES string of the molecule is O=C(CCC(=O)N1CCCC(c2ccccc2)CC1)Nc1nncs1. The zero-order valence-electron chi connectivity index (χ0n) is 14.1. The van der Waals surface area contributed by atoms with E-state index >= 15 is 0 Å². The van der Waals surface area contributed by atoms with Gasteiger partial charge in [-0.15, -0.1) is 10.2 Å². The summed E-state index contributed by atoms with van der Waals surface area (Å²) in [5, 5.41) is 10.6. The molecule has 132 valence electrons. The van der Waals surface area contributed by atoms with Crippen molar-refractivity contribution in [2.24, 2.45) is 0 Å². The number of nitrogens with zero attached hydrogens (tertiary/aromatic N) is 3. The van der Waals surface area contributed by atoms with Gasteiger partial charge in [0, 0.05) is 25.9 Å². The van der Waals surface area contributed by atoms with Gasteiger partial charge in [-0.2, -0.15) is 0 Å². The van der Waals surface area contributed by atoms with Crippen molar-refractivity contribution in [1.82, 2.24) is 15.1 Å². The molecule has 1 unspecified atom stereocenters. The predicted molar refractivity (Wildman–Crippen MR) is 97.4 cm³/mol. The lowest BCUT2D eigenvalue weighted by atomic mass is 9.92. The largest absolute Gasteiger partial charge is 0.343 e. The Bertz CT molecular complexity index is 690. The number of aromatic nitrogens is 2. The van der Waals surface area contributed by atoms with Crippen LogP contribution in [-0.4, -0.2) is 40.0 Å². The Morgan fingerprint density at radius 3 is 2.76 bits per heavy atom. The van der Waals surface area contributed by atoms with Crippen LogP contribution in [0.3, 0.4) is 0 Å². The molecule has 1 aromatic heterocycles. The number of nitrogens with one attached hydrogen (secondary N) is 1. The second kappa shape index (κ2) is 8.71. The van der Waals surface area contributed by atoms with Gasteiger partial charge in [-0.3, -0.25) is 9.59 Å². The molecule has 6 nitrogen and oxygen atoms in total. The van der Waals surface area contributed by atoms with E-state index in [1.165, 1.54) is 16.9 Å². The van der Waals surface area contributed by atoms with Crippen molar-refractivity contribution in [1.29, 1.82) is 0 Å².